The minimum atomic E-state index is 0. The van der Waals surface area contributed by atoms with E-state index in [0.717, 1.165) is 19.6 Å². The van der Waals surface area contributed by atoms with Gasteiger partial charge >= 0.3 is 0 Å². The zero-order valence-electron chi connectivity index (χ0n) is 10.6. The van der Waals surface area contributed by atoms with Crippen molar-refractivity contribution in [3.63, 3.8) is 0 Å². The van der Waals surface area contributed by atoms with E-state index in [4.69, 9.17) is 0 Å². The molecular formula is C15H19ClN2. The van der Waals surface area contributed by atoms with Gasteiger partial charge in [-0.1, -0.05) is 36.4 Å². The van der Waals surface area contributed by atoms with Crippen LogP contribution in [0.15, 0.2) is 42.5 Å². The lowest BCUT2D eigenvalue weighted by molar-refractivity contribution is 0.173. The van der Waals surface area contributed by atoms with Crippen molar-refractivity contribution in [1.29, 1.82) is 0 Å². The molecule has 2 aromatic rings. The molecule has 0 aliphatic carbocycles. The Morgan fingerprint density at radius 1 is 1.11 bits per heavy atom. The van der Waals surface area contributed by atoms with Gasteiger partial charge in [0.25, 0.3) is 0 Å². The standard InChI is InChI=1S/C15H18N2.ClH/c1-17(15-9-16-10-15)11-12-6-7-13-4-2-3-5-14(13)8-12;/h2-8,15-16H,9-11H2,1H3;1H. The Bertz CT molecular complexity index is 523. The first-order chi connectivity index (χ1) is 8.33. The van der Waals surface area contributed by atoms with Gasteiger partial charge < -0.3 is 5.32 Å². The number of halogens is 1. The molecule has 0 radical (unpaired) electrons. The Morgan fingerprint density at radius 2 is 1.83 bits per heavy atom. The summed E-state index contributed by atoms with van der Waals surface area (Å²) in [6.45, 7) is 3.30. The van der Waals surface area contributed by atoms with Crippen LogP contribution >= 0.6 is 12.4 Å². The molecule has 1 aliphatic rings. The van der Waals surface area contributed by atoms with Gasteiger partial charge in [-0.25, -0.2) is 0 Å². The van der Waals surface area contributed by atoms with Crippen molar-refractivity contribution in [2.24, 2.45) is 0 Å². The van der Waals surface area contributed by atoms with E-state index in [-0.39, 0.29) is 12.4 Å². The Balaban J connectivity index is 0.00000120. The highest BCUT2D eigenvalue weighted by atomic mass is 35.5. The van der Waals surface area contributed by atoms with Crippen LogP contribution in [0.3, 0.4) is 0 Å². The summed E-state index contributed by atoms with van der Waals surface area (Å²) in [4.78, 5) is 2.43. The van der Waals surface area contributed by atoms with E-state index in [9.17, 15) is 0 Å². The van der Waals surface area contributed by atoms with Crippen molar-refractivity contribution in [3.8, 4) is 0 Å². The fourth-order valence-corrected chi connectivity index (χ4v) is 2.34. The summed E-state index contributed by atoms with van der Waals surface area (Å²) in [6, 6.07) is 16.0. The topological polar surface area (TPSA) is 15.3 Å². The highest BCUT2D eigenvalue weighted by molar-refractivity contribution is 5.85. The number of hydrogen-bond donors (Lipinski definition) is 1. The summed E-state index contributed by atoms with van der Waals surface area (Å²) in [6.07, 6.45) is 0. The molecule has 0 saturated carbocycles. The molecular weight excluding hydrogens is 244 g/mol. The summed E-state index contributed by atoms with van der Waals surface area (Å²) >= 11 is 0. The third-order valence-electron chi connectivity index (χ3n) is 3.63. The van der Waals surface area contributed by atoms with Gasteiger partial charge in [-0.15, -0.1) is 12.4 Å². The molecule has 3 heteroatoms. The van der Waals surface area contributed by atoms with Gasteiger partial charge in [-0.2, -0.15) is 0 Å². The van der Waals surface area contributed by atoms with Crippen LogP contribution in [0, 0.1) is 0 Å². The van der Waals surface area contributed by atoms with Crippen LogP contribution in [0.5, 0.6) is 0 Å². The molecule has 1 aliphatic heterocycles. The van der Waals surface area contributed by atoms with Gasteiger partial charge in [-0.05, 0) is 29.4 Å². The molecule has 1 fully saturated rings. The lowest BCUT2D eigenvalue weighted by atomic mass is 10.1. The Kier molecular flexibility index (Phi) is 4.23. The Labute approximate surface area is 114 Å². The van der Waals surface area contributed by atoms with Crippen molar-refractivity contribution in [2.45, 2.75) is 12.6 Å². The fraction of sp³-hybridized carbons (Fsp3) is 0.333. The number of likely N-dealkylation sites (N-methyl/N-ethyl adjacent to an activating group) is 1. The molecule has 0 aromatic heterocycles. The highest BCUT2D eigenvalue weighted by Crippen LogP contribution is 2.17. The second-order valence-corrected chi connectivity index (χ2v) is 4.91. The van der Waals surface area contributed by atoms with E-state index in [1.165, 1.54) is 16.3 Å². The van der Waals surface area contributed by atoms with Gasteiger partial charge in [0.1, 0.15) is 0 Å². The van der Waals surface area contributed by atoms with Gasteiger partial charge in [-0.3, -0.25) is 4.90 Å². The number of rotatable bonds is 3. The number of nitrogens with zero attached hydrogens (tertiary/aromatic N) is 1. The summed E-state index contributed by atoms with van der Waals surface area (Å²) in [5.41, 5.74) is 1.40. The average Bonchev–Trinajstić information content (AvgIpc) is 2.26. The van der Waals surface area contributed by atoms with Crippen LogP contribution in [0.1, 0.15) is 5.56 Å². The third-order valence-corrected chi connectivity index (χ3v) is 3.63. The maximum absolute atomic E-state index is 3.32. The highest BCUT2D eigenvalue weighted by Gasteiger charge is 2.21. The van der Waals surface area contributed by atoms with E-state index in [2.05, 4.69) is 59.7 Å². The zero-order valence-corrected chi connectivity index (χ0v) is 11.4. The van der Waals surface area contributed by atoms with Gasteiger partial charge in [0.05, 0.1) is 0 Å². The predicted octanol–water partition coefficient (Wildman–Crippen LogP) is 2.67. The molecule has 18 heavy (non-hydrogen) atoms. The molecule has 1 N–H and O–H groups in total. The summed E-state index contributed by atoms with van der Waals surface area (Å²) in [7, 11) is 2.21. The molecule has 96 valence electrons. The Morgan fingerprint density at radius 3 is 2.50 bits per heavy atom. The van der Waals surface area contributed by atoms with Gasteiger partial charge in [0.2, 0.25) is 0 Å². The number of hydrogen-bond acceptors (Lipinski definition) is 2. The number of nitrogens with one attached hydrogen (secondary N) is 1. The van der Waals surface area contributed by atoms with Crippen molar-refractivity contribution in [1.82, 2.24) is 10.2 Å². The second kappa shape index (κ2) is 5.70. The maximum Gasteiger partial charge on any atom is 0.0345 e. The van der Waals surface area contributed by atoms with Crippen LogP contribution in [0.2, 0.25) is 0 Å². The predicted molar refractivity (Wildman–Crippen MR) is 79.3 cm³/mol. The molecule has 0 unspecified atom stereocenters. The minimum Gasteiger partial charge on any atom is -0.314 e. The minimum absolute atomic E-state index is 0. The monoisotopic (exact) mass is 262 g/mol. The van der Waals surface area contributed by atoms with Crippen molar-refractivity contribution in [2.75, 3.05) is 20.1 Å². The van der Waals surface area contributed by atoms with Crippen LogP contribution in [0.25, 0.3) is 10.8 Å². The molecule has 0 spiro atoms. The molecule has 0 bridgehead atoms. The average molecular weight is 263 g/mol. The maximum atomic E-state index is 3.32. The van der Waals surface area contributed by atoms with E-state index in [1.54, 1.807) is 0 Å². The first-order valence-electron chi connectivity index (χ1n) is 6.21. The van der Waals surface area contributed by atoms with Crippen LogP contribution in [0.4, 0.5) is 0 Å². The fourth-order valence-electron chi connectivity index (χ4n) is 2.34. The largest absolute Gasteiger partial charge is 0.314 e. The molecule has 2 aromatic carbocycles. The quantitative estimate of drug-likeness (QED) is 0.915. The second-order valence-electron chi connectivity index (χ2n) is 4.91. The number of benzene rings is 2. The lowest BCUT2D eigenvalue weighted by Crippen LogP contribution is -2.55. The van der Waals surface area contributed by atoms with E-state index in [0.29, 0.717) is 6.04 Å². The third kappa shape index (κ3) is 2.66. The molecule has 1 heterocycles. The Hall–Kier alpha value is -1.09. The molecule has 0 atom stereocenters. The summed E-state index contributed by atoms with van der Waals surface area (Å²) in [5, 5.41) is 5.98. The molecule has 2 nitrogen and oxygen atoms in total. The van der Waals surface area contributed by atoms with Crippen LogP contribution in [-0.2, 0) is 6.54 Å². The first-order valence-corrected chi connectivity index (χ1v) is 6.21. The van der Waals surface area contributed by atoms with Crippen molar-refractivity contribution >= 4 is 23.2 Å². The normalized spacial score (nSPS) is 15.4. The van der Waals surface area contributed by atoms with E-state index < -0.39 is 0 Å². The smallest absolute Gasteiger partial charge is 0.0345 e. The van der Waals surface area contributed by atoms with E-state index >= 15 is 0 Å². The zero-order chi connectivity index (χ0) is 11.7. The number of fused-ring (bicyclic) bond motifs is 1. The van der Waals surface area contributed by atoms with Crippen molar-refractivity contribution < 1.29 is 0 Å². The van der Waals surface area contributed by atoms with Crippen molar-refractivity contribution in [3.05, 3.63) is 48.0 Å². The molecule has 1 saturated heterocycles. The van der Waals surface area contributed by atoms with Gasteiger partial charge in [0, 0.05) is 25.7 Å². The molecule has 3 rings (SSSR count). The SMILES string of the molecule is CN(Cc1ccc2ccccc2c1)C1CNC1.Cl. The van der Waals surface area contributed by atoms with Crippen LogP contribution in [-0.4, -0.2) is 31.1 Å². The lowest BCUT2D eigenvalue weighted by Gasteiger charge is -2.35. The summed E-state index contributed by atoms with van der Waals surface area (Å²) in [5.74, 6) is 0. The van der Waals surface area contributed by atoms with E-state index in [1.807, 2.05) is 0 Å². The first kappa shape index (κ1) is 13.3. The molecule has 0 amide bonds. The summed E-state index contributed by atoms with van der Waals surface area (Å²) < 4.78 is 0. The van der Waals surface area contributed by atoms with Crippen LogP contribution < -0.4 is 5.32 Å². The van der Waals surface area contributed by atoms with Gasteiger partial charge in [0.15, 0.2) is 0 Å².